The first-order valence-corrected chi connectivity index (χ1v) is 4.08. The van der Waals surface area contributed by atoms with Crippen LogP contribution in [-0.2, 0) is 6.54 Å². The van der Waals surface area contributed by atoms with Crippen LogP contribution in [0.4, 0.5) is 0 Å². The van der Waals surface area contributed by atoms with Gasteiger partial charge in [-0.1, -0.05) is 0 Å². The second-order valence-electron chi connectivity index (χ2n) is 2.94. The van der Waals surface area contributed by atoms with Crippen molar-refractivity contribution in [3.05, 3.63) is 32.8 Å². The lowest BCUT2D eigenvalue weighted by Gasteiger charge is -2.05. The van der Waals surface area contributed by atoms with Crippen molar-refractivity contribution < 1.29 is 5.11 Å². The molecule has 0 aliphatic heterocycles. The molecule has 2 N–H and O–H groups in total. The Bertz CT molecular complexity index is 377. The summed E-state index contributed by atoms with van der Waals surface area (Å²) >= 11 is 0. The number of hydrogen-bond acceptors (Lipinski definition) is 3. The number of H-pyrrole nitrogens is 1. The number of aromatic nitrogens is 2. The van der Waals surface area contributed by atoms with Crippen molar-refractivity contribution in [3.63, 3.8) is 0 Å². The highest BCUT2D eigenvalue weighted by Crippen LogP contribution is 1.89. The Kier molecular flexibility index (Phi) is 3.02. The van der Waals surface area contributed by atoms with E-state index in [4.69, 9.17) is 5.11 Å². The lowest BCUT2D eigenvalue weighted by molar-refractivity contribution is 0.175. The molecule has 1 aromatic heterocycles. The maximum absolute atomic E-state index is 11.1. The van der Waals surface area contributed by atoms with E-state index in [-0.39, 0.29) is 11.1 Å². The zero-order chi connectivity index (χ0) is 9.84. The number of rotatable bonds is 3. The molecular formula is C8H12N2O3. The molecule has 0 aliphatic rings. The molecule has 0 saturated carbocycles. The van der Waals surface area contributed by atoms with Gasteiger partial charge in [0.15, 0.2) is 0 Å². The second-order valence-corrected chi connectivity index (χ2v) is 2.94. The molecule has 0 radical (unpaired) electrons. The van der Waals surface area contributed by atoms with E-state index in [9.17, 15) is 9.59 Å². The van der Waals surface area contributed by atoms with E-state index in [1.165, 1.54) is 16.8 Å². The van der Waals surface area contributed by atoms with Gasteiger partial charge in [-0.3, -0.25) is 19.4 Å². The Morgan fingerprint density at radius 1 is 1.54 bits per heavy atom. The van der Waals surface area contributed by atoms with E-state index in [0.717, 1.165) is 0 Å². The minimum absolute atomic E-state index is 0.264. The minimum Gasteiger partial charge on any atom is -0.393 e. The monoisotopic (exact) mass is 184 g/mol. The largest absolute Gasteiger partial charge is 0.393 e. The molecule has 1 unspecified atom stereocenters. The van der Waals surface area contributed by atoms with E-state index < -0.39 is 6.10 Å². The van der Waals surface area contributed by atoms with E-state index >= 15 is 0 Å². The Labute approximate surface area is 74.6 Å². The number of nitrogens with zero attached hydrogens (tertiary/aromatic N) is 1. The molecule has 0 aliphatic carbocycles. The van der Waals surface area contributed by atoms with Crippen molar-refractivity contribution in [1.29, 1.82) is 0 Å². The van der Waals surface area contributed by atoms with Crippen LogP contribution in [-0.4, -0.2) is 21.0 Å². The molecule has 1 heterocycles. The predicted molar refractivity (Wildman–Crippen MR) is 47.6 cm³/mol. The molecule has 13 heavy (non-hydrogen) atoms. The zero-order valence-corrected chi connectivity index (χ0v) is 7.36. The lowest BCUT2D eigenvalue weighted by Crippen LogP contribution is -2.28. The van der Waals surface area contributed by atoms with Crippen LogP contribution in [0.3, 0.4) is 0 Å². The van der Waals surface area contributed by atoms with Crippen LogP contribution in [0.15, 0.2) is 21.7 Å². The quantitative estimate of drug-likeness (QED) is 0.652. The Balaban J connectivity index is 2.82. The average molecular weight is 184 g/mol. The molecule has 5 nitrogen and oxygen atoms in total. The van der Waals surface area contributed by atoms with Gasteiger partial charge < -0.3 is 5.11 Å². The Hall–Kier alpha value is -1.36. The summed E-state index contributed by atoms with van der Waals surface area (Å²) in [4.78, 5) is 21.9. The molecule has 0 amide bonds. The smallest absolute Gasteiger partial charge is 0.265 e. The molecule has 0 fully saturated rings. The summed E-state index contributed by atoms with van der Waals surface area (Å²) in [6, 6.07) is 2.39. The molecule has 0 bridgehead atoms. The molecule has 0 spiro atoms. The van der Waals surface area contributed by atoms with Crippen LogP contribution >= 0.6 is 0 Å². The SMILES string of the molecule is CC(O)CCn1[nH]c(=O)ccc1=O. The minimum atomic E-state index is -0.476. The van der Waals surface area contributed by atoms with Gasteiger partial charge in [-0.05, 0) is 13.3 Å². The van der Waals surface area contributed by atoms with Crippen molar-refractivity contribution in [2.75, 3.05) is 0 Å². The highest BCUT2D eigenvalue weighted by molar-refractivity contribution is 4.85. The number of aliphatic hydroxyl groups is 1. The molecule has 72 valence electrons. The highest BCUT2D eigenvalue weighted by atomic mass is 16.3. The van der Waals surface area contributed by atoms with Gasteiger partial charge in [0, 0.05) is 18.7 Å². The zero-order valence-electron chi connectivity index (χ0n) is 7.36. The average Bonchev–Trinajstić information content (AvgIpc) is 2.06. The molecule has 0 saturated heterocycles. The van der Waals surface area contributed by atoms with Crippen LogP contribution in [0.2, 0.25) is 0 Å². The van der Waals surface area contributed by atoms with Gasteiger partial charge in [0.05, 0.1) is 6.10 Å². The molecule has 1 rings (SSSR count). The Morgan fingerprint density at radius 2 is 2.23 bits per heavy atom. The van der Waals surface area contributed by atoms with Crippen LogP contribution in [0.25, 0.3) is 0 Å². The summed E-state index contributed by atoms with van der Waals surface area (Å²) in [5.74, 6) is 0. The summed E-state index contributed by atoms with van der Waals surface area (Å²) in [6.45, 7) is 1.96. The summed E-state index contributed by atoms with van der Waals surface area (Å²) < 4.78 is 1.19. The first-order valence-electron chi connectivity index (χ1n) is 4.08. The third-order valence-corrected chi connectivity index (χ3v) is 1.66. The number of aliphatic hydroxyl groups excluding tert-OH is 1. The van der Waals surface area contributed by atoms with Gasteiger partial charge in [-0.15, -0.1) is 0 Å². The fraction of sp³-hybridized carbons (Fsp3) is 0.500. The second kappa shape index (κ2) is 4.04. The third-order valence-electron chi connectivity index (χ3n) is 1.66. The van der Waals surface area contributed by atoms with E-state index in [0.29, 0.717) is 13.0 Å². The first kappa shape index (κ1) is 9.73. The number of aromatic amines is 1. The predicted octanol–water partition coefficient (Wildman–Crippen LogP) is -0.693. The fourth-order valence-electron chi connectivity index (χ4n) is 0.944. The maximum Gasteiger partial charge on any atom is 0.265 e. The number of nitrogens with one attached hydrogen (secondary N) is 1. The van der Waals surface area contributed by atoms with Crippen LogP contribution < -0.4 is 11.1 Å². The lowest BCUT2D eigenvalue weighted by atomic mass is 10.3. The van der Waals surface area contributed by atoms with Gasteiger partial charge in [0.2, 0.25) is 0 Å². The number of aryl methyl sites for hydroxylation is 1. The van der Waals surface area contributed by atoms with Gasteiger partial charge in [-0.25, -0.2) is 0 Å². The van der Waals surface area contributed by atoms with Crippen LogP contribution in [0.5, 0.6) is 0 Å². The fourth-order valence-corrected chi connectivity index (χ4v) is 0.944. The normalized spacial score (nSPS) is 12.8. The van der Waals surface area contributed by atoms with Crippen molar-refractivity contribution >= 4 is 0 Å². The summed E-state index contributed by atoms with van der Waals surface area (Å²) in [5.41, 5.74) is -0.578. The summed E-state index contributed by atoms with van der Waals surface area (Å²) in [6.07, 6.45) is -0.0320. The van der Waals surface area contributed by atoms with Crippen molar-refractivity contribution in [2.45, 2.75) is 26.0 Å². The van der Waals surface area contributed by atoms with Crippen LogP contribution in [0, 0.1) is 0 Å². The van der Waals surface area contributed by atoms with E-state index in [1.807, 2.05) is 0 Å². The molecular weight excluding hydrogens is 172 g/mol. The molecule has 1 aromatic rings. The van der Waals surface area contributed by atoms with Gasteiger partial charge in [0.1, 0.15) is 0 Å². The summed E-state index contributed by atoms with van der Waals surface area (Å²) in [5, 5.41) is 11.3. The van der Waals surface area contributed by atoms with Crippen LogP contribution in [0.1, 0.15) is 13.3 Å². The van der Waals surface area contributed by atoms with E-state index in [1.54, 1.807) is 6.92 Å². The summed E-state index contributed by atoms with van der Waals surface area (Å²) in [7, 11) is 0. The first-order chi connectivity index (χ1) is 6.09. The molecule has 1 atom stereocenters. The Morgan fingerprint density at radius 3 is 2.85 bits per heavy atom. The van der Waals surface area contributed by atoms with Crippen molar-refractivity contribution in [1.82, 2.24) is 9.78 Å². The van der Waals surface area contributed by atoms with Crippen molar-refractivity contribution in [3.8, 4) is 0 Å². The highest BCUT2D eigenvalue weighted by Gasteiger charge is 1.99. The molecule has 5 heteroatoms. The third kappa shape index (κ3) is 2.87. The van der Waals surface area contributed by atoms with Gasteiger partial charge >= 0.3 is 0 Å². The molecule has 0 aromatic carbocycles. The van der Waals surface area contributed by atoms with Gasteiger partial charge in [0.25, 0.3) is 11.1 Å². The topological polar surface area (TPSA) is 75.1 Å². The van der Waals surface area contributed by atoms with Crippen molar-refractivity contribution in [2.24, 2.45) is 0 Å². The standard InChI is InChI=1S/C8H12N2O3/c1-6(11)4-5-10-8(13)3-2-7(12)9-10/h2-3,6,11H,4-5H2,1H3,(H,9,12). The van der Waals surface area contributed by atoms with E-state index in [2.05, 4.69) is 5.10 Å². The number of hydrogen-bond donors (Lipinski definition) is 2. The maximum atomic E-state index is 11.1. The van der Waals surface area contributed by atoms with Gasteiger partial charge in [-0.2, -0.15) is 0 Å².